The summed E-state index contributed by atoms with van der Waals surface area (Å²) in [6, 6.07) is 9.78. The molecule has 0 unspecified atom stereocenters. The molecule has 132 valence electrons. The van der Waals surface area contributed by atoms with E-state index in [-0.39, 0.29) is 24.1 Å². The maximum Gasteiger partial charge on any atom is 0.336 e. The number of hydrogen-bond donors (Lipinski definition) is 1. The summed E-state index contributed by atoms with van der Waals surface area (Å²) in [6.07, 6.45) is 0.494. The fraction of sp³-hybridized carbons (Fsp3) is 0.500. The minimum absolute atomic E-state index is 0.0243. The summed E-state index contributed by atoms with van der Waals surface area (Å²) < 4.78 is 5.12. The molecule has 6 nitrogen and oxygen atoms in total. The van der Waals surface area contributed by atoms with Gasteiger partial charge >= 0.3 is 5.97 Å². The predicted octanol–water partition coefficient (Wildman–Crippen LogP) is 3.48. The van der Waals surface area contributed by atoms with Crippen LogP contribution in [0.4, 0.5) is 0 Å². The van der Waals surface area contributed by atoms with Crippen molar-refractivity contribution in [2.75, 3.05) is 13.2 Å². The van der Waals surface area contributed by atoms with Crippen molar-refractivity contribution < 1.29 is 14.5 Å². The fourth-order valence-electron chi connectivity index (χ4n) is 2.67. The lowest BCUT2D eigenvalue weighted by Crippen LogP contribution is -2.28. The summed E-state index contributed by atoms with van der Waals surface area (Å²) >= 11 is 0. The Kier molecular flexibility index (Phi) is 7.95. The molecule has 0 radical (unpaired) electrons. The van der Waals surface area contributed by atoms with Gasteiger partial charge in [0.2, 0.25) is 6.54 Å². The van der Waals surface area contributed by atoms with E-state index in [0.29, 0.717) is 17.7 Å². The molecule has 24 heavy (non-hydrogen) atoms. The second kappa shape index (κ2) is 9.70. The second-order valence-electron chi connectivity index (χ2n) is 5.66. The van der Waals surface area contributed by atoms with Crippen LogP contribution in [0.1, 0.15) is 45.7 Å². The number of nitro groups is 1. The Morgan fingerprint density at radius 2 is 1.92 bits per heavy atom. The Balaban J connectivity index is 3.11. The largest absolute Gasteiger partial charge is 0.463 e. The highest BCUT2D eigenvalue weighted by atomic mass is 16.6. The number of rotatable bonds is 9. The van der Waals surface area contributed by atoms with Gasteiger partial charge in [-0.3, -0.25) is 10.1 Å². The van der Waals surface area contributed by atoms with Crippen LogP contribution in [0.15, 0.2) is 41.6 Å². The molecule has 1 N–H and O–H groups in total. The van der Waals surface area contributed by atoms with Crippen molar-refractivity contribution in [1.82, 2.24) is 5.32 Å². The van der Waals surface area contributed by atoms with Gasteiger partial charge in [0.15, 0.2) is 0 Å². The van der Waals surface area contributed by atoms with Gasteiger partial charge in [0, 0.05) is 16.7 Å². The Morgan fingerprint density at radius 3 is 2.42 bits per heavy atom. The zero-order valence-corrected chi connectivity index (χ0v) is 14.7. The van der Waals surface area contributed by atoms with E-state index in [0.717, 1.165) is 5.56 Å². The molecule has 1 aromatic rings. The molecule has 0 saturated carbocycles. The van der Waals surface area contributed by atoms with Crippen LogP contribution in [0.2, 0.25) is 0 Å². The van der Waals surface area contributed by atoms with E-state index in [2.05, 4.69) is 5.32 Å². The van der Waals surface area contributed by atoms with Crippen LogP contribution in [0.25, 0.3) is 0 Å². The topological polar surface area (TPSA) is 81.5 Å². The van der Waals surface area contributed by atoms with Crippen LogP contribution in [0.5, 0.6) is 0 Å². The molecule has 0 spiro atoms. The maximum atomic E-state index is 12.3. The molecule has 0 aliphatic rings. The minimum Gasteiger partial charge on any atom is -0.463 e. The summed E-state index contributed by atoms with van der Waals surface area (Å²) in [5.74, 6) is -0.967. The third-order valence-corrected chi connectivity index (χ3v) is 3.90. The smallest absolute Gasteiger partial charge is 0.336 e. The minimum atomic E-state index is -0.489. The van der Waals surface area contributed by atoms with Crippen LogP contribution in [-0.2, 0) is 9.53 Å². The van der Waals surface area contributed by atoms with Crippen LogP contribution < -0.4 is 5.32 Å². The maximum absolute atomic E-state index is 12.3. The van der Waals surface area contributed by atoms with Crippen LogP contribution in [-0.4, -0.2) is 24.0 Å². The lowest BCUT2D eigenvalue weighted by atomic mass is 9.94. The molecule has 6 heteroatoms. The van der Waals surface area contributed by atoms with Gasteiger partial charge in [-0.1, -0.05) is 37.3 Å². The van der Waals surface area contributed by atoms with E-state index in [1.807, 2.05) is 44.2 Å². The van der Waals surface area contributed by atoms with E-state index >= 15 is 0 Å². The molecule has 0 heterocycles. The summed E-state index contributed by atoms with van der Waals surface area (Å²) in [7, 11) is 0. The molecule has 0 saturated heterocycles. The Hall–Kier alpha value is -2.37. The van der Waals surface area contributed by atoms with Crippen LogP contribution in [0.3, 0.4) is 0 Å². The molecule has 1 rings (SSSR count). The first-order valence-corrected chi connectivity index (χ1v) is 8.21. The highest BCUT2D eigenvalue weighted by Crippen LogP contribution is 2.22. The summed E-state index contributed by atoms with van der Waals surface area (Å²) in [5.41, 5.74) is 2.06. The third-order valence-electron chi connectivity index (χ3n) is 3.90. The van der Waals surface area contributed by atoms with Crippen molar-refractivity contribution in [2.45, 2.75) is 40.2 Å². The number of carbonyl (C=O) groups is 1. The number of esters is 1. The first-order chi connectivity index (χ1) is 11.4. The van der Waals surface area contributed by atoms with E-state index in [1.54, 1.807) is 13.8 Å². The van der Waals surface area contributed by atoms with Crippen molar-refractivity contribution in [2.24, 2.45) is 5.92 Å². The fourth-order valence-corrected chi connectivity index (χ4v) is 2.67. The summed E-state index contributed by atoms with van der Waals surface area (Å²) in [5, 5.41) is 14.2. The monoisotopic (exact) mass is 334 g/mol. The average Bonchev–Trinajstić information content (AvgIpc) is 2.54. The molecule has 2 atom stereocenters. The molecule has 0 aromatic heterocycles. The first-order valence-electron chi connectivity index (χ1n) is 8.21. The van der Waals surface area contributed by atoms with Gasteiger partial charge in [0.1, 0.15) is 0 Å². The number of nitrogens with one attached hydrogen (secondary N) is 1. The lowest BCUT2D eigenvalue weighted by molar-refractivity contribution is -0.486. The van der Waals surface area contributed by atoms with Gasteiger partial charge in [-0.05, 0) is 32.8 Å². The summed E-state index contributed by atoms with van der Waals surface area (Å²) in [4.78, 5) is 22.9. The number of allylic oxidation sites excluding steroid dienone is 1. The highest BCUT2D eigenvalue weighted by molar-refractivity contribution is 5.89. The molecule has 0 bridgehead atoms. The van der Waals surface area contributed by atoms with Gasteiger partial charge in [0.05, 0.1) is 18.1 Å². The van der Waals surface area contributed by atoms with Gasteiger partial charge < -0.3 is 10.1 Å². The molecule has 0 aliphatic heterocycles. The van der Waals surface area contributed by atoms with Crippen LogP contribution in [0, 0.1) is 16.0 Å². The quantitative estimate of drug-likeness (QED) is 0.324. The molecule has 0 aliphatic carbocycles. The zero-order chi connectivity index (χ0) is 18.1. The molecular weight excluding hydrogens is 308 g/mol. The molecule has 1 aromatic carbocycles. The normalized spacial score (nSPS) is 14.3. The number of benzene rings is 1. The second-order valence-corrected chi connectivity index (χ2v) is 5.66. The van der Waals surface area contributed by atoms with Crippen molar-refractivity contribution in [1.29, 1.82) is 0 Å². The van der Waals surface area contributed by atoms with Crippen molar-refractivity contribution in [3.05, 3.63) is 57.3 Å². The van der Waals surface area contributed by atoms with Crippen molar-refractivity contribution in [3.8, 4) is 0 Å². The van der Waals surface area contributed by atoms with Gasteiger partial charge in [0.25, 0.3) is 0 Å². The van der Waals surface area contributed by atoms with Crippen LogP contribution >= 0.6 is 0 Å². The number of carbonyl (C=O) groups excluding carboxylic acids is 1. The Bertz CT molecular complexity index is 584. The predicted molar refractivity (Wildman–Crippen MR) is 93.0 cm³/mol. The summed E-state index contributed by atoms with van der Waals surface area (Å²) in [6.45, 7) is 7.26. The number of nitrogens with zero attached hydrogens (tertiary/aromatic N) is 1. The van der Waals surface area contributed by atoms with Gasteiger partial charge in [-0.25, -0.2) is 4.79 Å². The number of hydrogen-bond acceptors (Lipinski definition) is 5. The van der Waals surface area contributed by atoms with E-state index in [1.165, 1.54) is 0 Å². The number of ether oxygens (including phenoxy) is 1. The van der Waals surface area contributed by atoms with E-state index in [4.69, 9.17) is 4.74 Å². The standard InChI is InChI=1S/C18H26N2O4/c1-5-15(12-20(22)23)17(18(21)24-6-2)14(4)19-13(3)16-10-8-7-9-11-16/h7-11,13,15,19H,5-6,12H2,1-4H3/b17-14-/t13-,15+/m1/s1. The Morgan fingerprint density at radius 1 is 1.29 bits per heavy atom. The lowest BCUT2D eigenvalue weighted by Gasteiger charge is -2.22. The van der Waals surface area contributed by atoms with Crippen molar-refractivity contribution in [3.63, 3.8) is 0 Å². The average molecular weight is 334 g/mol. The first kappa shape index (κ1) is 19.7. The zero-order valence-electron chi connectivity index (χ0n) is 14.7. The molecular formula is C18H26N2O4. The van der Waals surface area contributed by atoms with E-state index < -0.39 is 11.9 Å². The highest BCUT2D eigenvalue weighted by Gasteiger charge is 2.28. The van der Waals surface area contributed by atoms with E-state index in [9.17, 15) is 14.9 Å². The Labute approximate surface area is 143 Å². The third kappa shape index (κ3) is 5.68. The molecule has 0 fully saturated rings. The molecule has 0 amide bonds. The van der Waals surface area contributed by atoms with Gasteiger partial charge in [-0.2, -0.15) is 0 Å². The van der Waals surface area contributed by atoms with Gasteiger partial charge in [-0.15, -0.1) is 0 Å². The SMILES string of the molecule is CCOC(=O)/C(=C(/C)N[C@H](C)c1ccccc1)[C@@H](CC)C[N+](=O)[O-]. The van der Waals surface area contributed by atoms with Crippen molar-refractivity contribution >= 4 is 5.97 Å².